The van der Waals surface area contributed by atoms with Gasteiger partial charge in [0, 0.05) is 12.7 Å². The summed E-state index contributed by atoms with van der Waals surface area (Å²) in [5.41, 5.74) is 2.51. The van der Waals surface area contributed by atoms with E-state index in [9.17, 15) is 4.79 Å². The SMILES string of the molecule is O=c1[nH]c2ncc(-c3ccccn3)nc2n1CC1CCCCC1. The lowest BCUT2D eigenvalue weighted by molar-refractivity contribution is 0.319. The lowest BCUT2D eigenvalue weighted by atomic mass is 9.89. The van der Waals surface area contributed by atoms with Crippen LogP contribution in [-0.2, 0) is 6.54 Å². The van der Waals surface area contributed by atoms with Crippen molar-refractivity contribution in [3.8, 4) is 11.4 Å². The van der Waals surface area contributed by atoms with Crippen LogP contribution in [0.1, 0.15) is 32.1 Å². The van der Waals surface area contributed by atoms with Crippen molar-refractivity contribution >= 4 is 11.3 Å². The molecule has 0 saturated heterocycles. The Hall–Kier alpha value is -2.50. The third-order valence-corrected chi connectivity index (χ3v) is 4.57. The van der Waals surface area contributed by atoms with Gasteiger partial charge in [-0.3, -0.25) is 14.5 Å². The number of aromatic nitrogens is 5. The largest absolute Gasteiger partial charge is 0.328 e. The lowest BCUT2D eigenvalue weighted by Crippen LogP contribution is -2.23. The van der Waals surface area contributed by atoms with E-state index < -0.39 is 0 Å². The Bertz CT molecular complexity index is 862. The first-order chi connectivity index (χ1) is 11.3. The summed E-state index contributed by atoms with van der Waals surface area (Å²) in [6, 6.07) is 5.68. The van der Waals surface area contributed by atoms with Crippen LogP contribution in [-0.4, -0.2) is 24.5 Å². The zero-order valence-electron chi connectivity index (χ0n) is 12.9. The van der Waals surface area contributed by atoms with E-state index >= 15 is 0 Å². The monoisotopic (exact) mass is 309 g/mol. The Balaban J connectivity index is 1.74. The van der Waals surface area contributed by atoms with Gasteiger partial charge in [-0.1, -0.05) is 25.3 Å². The van der Waals surface area contributed by atoms with Crippen LogP contribution in [0, 0.1) is 5.92 Å². The molecule has 6 nitrogen and oxygen atoms in total. The van der Waals surface area contributed by atoms with E-state index in [1.165, 1.54) is 32.1 Å². The van der Waals surface area contributed by atoms with Crippen molar-refractivity contribution in [3.63, 3.8) is 0 Å². The molecular formula is C17H19N5O. The van der Waals surface area contributed by atoms with Gasteiger partial charge in [0.15, 0.2) is 11.3 Å². The number of fused-ring (bicyclic) bond motifs is 1. The van der Waals surface area contributed by atoms with Crippen molar-refractivity contribution in [2.24, 2.45) is 5.92 Å². The number of hydrogen-bond acceptors (Lipinski definition) is 4. The molecule has 0 radical (unpaired) electrons. The standard InChI is InChI=1S/C17H19N5O/c23-17-21-15-16(22(17)11-12-6-2-1-3-7-12)20-14(10-19-15)13-8-4-5-9-18-13/h4-5,8-10,12H,1-3,6-7,11H2,(H,19,21,23). The van der Waals surface area contributed by atoms with Crippen molar-refractivity contribution in [1.29, 1.82) is 0 Å². The highest BCUT2D eigenvalue weighted by Crippen LogP contribution is 2.25. The normalized spacial score (nSPS) is 16.0. The number of hydrogen-bond donors (Lipinski definition) is 1. The number of rotatable bonds is 3. The number of nitrogens with zero attached hydrogens (tertiary/aromatic N) is 4. The average molecular weight is 309 g/mol. The third-order valence-electron chi connectivity index (χ3n) is 4.57. The second-order valence-electron chi connectivity index (χ2n) is 6.19. The van der Waals surface area contributed by atoms with Gasteiger partial charge in [-0.25, -0.2) is 14.8 Å². The number of imidazole rings is 1. The first-order valence-electron chi connectivity index (χ1n) is 8.18. The van der Waals surface area contributed by atoms with Crippen molar-refractivity contribution in [3.05, 3.63) is 41.1 Å². The van der Waals surface area contributed by atoms with Crippen LogP contribution in [0.15, 0.2) is 35.4 Å². The summed E-state index contributed by atoms with van der Waals surface area (Å²) in [4.78, 5) is 28.4. The number of aromatic amines is 1. The fourth-order valence-corrected chi connectivity index (χ4v) is 3.36. The molecule has 0 spiro atoms. The molecule has 23 heavy (non-hydrogen) atoms. The van der Waals surface area contributed by atoms with Crippen molar-refractivity contribution < 1.29 is 0 Å². The third kappa shape index (κ3) is 2.76. The van der Waals surface area contributed by atoms with Crippen molar-refractivity contribution in [2.45, 2.75) is 38.6 Å². The molecule has 3 aromatic heterocycles. The van der Waals surface area contributed by atoms with Crippen LogP contribution >= 0.6 is 0 Å². The molecule has 1 aliphatic carbocycles. The van der Waals surface area contributed by atoms with Gasteiger partial charge in [-0.05, 0) is 30.9 Å². The quantitative estimate of drug-likeness (QED) is 0.807. The van der Waals surface area contributed by atoms with Gasteiger partial charge in [0.2, 0.25) is 0 Å². The summed E-state index contributed by atoms with van der Waals surface area (Å²) in [7, 11) is 0. The minimum atomic E-state index is -0.122. The van der Waals surface area contributed by atoms with Gasteiger partial charge in [0.1, 0.15) is 5.69 Å². The fraction of sp³-hybridized carbons (Fsp3) is 0.412. The van der Waals surface area contributed by atoms with E-state index in [4.69, 9.17) is 0 Å². The van der Waals surface area contributed by atoms with E-state index in [1.54, 1.807) is 17.0 Å². The highest BCUT2D eigenvalue weighted by atomic mass is 16.1. The molecule has 0 aromatic carbocycles. The summed E-state index contributed by atoms with van der Waals surface area (Å²) in [6.07, 6.45) is 9.58. The predicted molar refractivity (Wildman–Crippen MR) is 88.0 cm³/mol. The van der Waals surface area contributed by atoms with Gasteiger partial charge in [0.05, 0.1) is 11.9 Å². The van der Waals surface area contributed by atoms with E-state index in [0.717, 1.165) is 12.2 Å². The maximum absolute atomic E-state index is 12.3. The highest BCUT2D eigenvalue weighted by Gasteiger charge is 2.18. The van der Waals surface area contributed by atoms with Crippen LogP contribution in [0.25, 0.3) is 22.7 Å². The van der Waals surface area contributed by atoms with Crippen LogP contribution in [0.4, 0.5) is 0 Å². The summed E-state index contributed by atoms with van der Waals surface area (Å²) in [5.74, 6) is 0.556. The predicted octanol–water partition coefficient (Wildman–Crippen LogP) is 2.76. The molecule has 4 rings (SSSR count). The lowest BCUT2D eigenvalue weighted by Gasteiger charge is -2.21. The fourth-order valence-electron chi connectivity index (χ4n) is 3.36. The molecular weight excluding hydrogens is 290 g/mol. The topological polar surface area (TPSA) is 76.5 Å². The minimum absolute atomic E-state index is 0.122. The minimum Gasteiger partial charge on any atom is -0.289 e. The molecule has 3 heterocycles. The summed E-state index contributed by atoms with van der Waals surface area (Å²) >= 11 is 0. The molecule has 1 N–H and O–H groups in total. The van der Waals surface area contributed by atoms with Crippen LogP contribution < -0.4 is 5.69 Å². The summed E-state index contributed by atoms with van der Waals surface area (Å²) in [6.45, 7) is 0.721. The van der Waals surface area contributed by atoms with Gasteiger partial charge >= 0.3 is 5.69 Å². The van der Waals surface area contributed by atoms with Gasteiger partial charge < -0.3 is 0 Å². The molecule has 0 amide bonds. The first kappa shape index (κ1) is 14.1. The Labute approximate surface area is 133 Å². The summed E-state index contributed by atoms with van der Waals surface area (Å²) < 4.78 is 1.74. The highest BCUT2D eigenvalue weighted by molar-refractivity contribution is 5.69. The molecule has 0 aliphatic heterocycles. The van der Waals surface area contributed by atoms with Crippen LogP contribution in [0.5, 0.6) is 0 Å². The van der Waals surface area contributed by atoms with Crippen LogP contribution in [0.3, 0.4) is 0 Å². The van der Waals surface area contributed by atoms with Gasteiger partial charge in [-0.2, -0.15) is 0 Å². The zero-order valence-corrected chi connectivity index (χ0v) is 12.9. The molecule has 3 aromatic rings. The van der Waals surface area contributed by atoms with E-state index in [0.29, 0.717) is 22.9 Å². The molecule has 1 fully saturated rings. The van der Waals surface area contributed by atoms with Crippen molar-refractivity contribution in [2.75, 3.05) is 0 Å². The molecule has 0 bridgehead atoms. The van der Waals surface area contributed by atoms with Gasteiger partial charge in [-0.15, -0.1) is 0 Å². The Morgan fingerprint density at radius 2 is 2.00 bits per heavy atom. The Morgan fingerprint density at radius 3 is 2.78 bits per heavy atom. The Kier molecular flexibility index (Phi) is 3.65. The molecule has 1 aliphatic rings. The number of nitrogens with one attached hydrogen (secondary N) is 1. The smallest absolute Gasteiger partial charge is 0.289 e. The maximum Gasteiger partial charge on any atom is 0.328 e. The molecule has 0 atom stereocenters. The molecule has 1 saturated carbocycles. The first-order valence-corrected chi connectivity index (χ1v) is 8.18. The second-order valence-corrected chi connectivity index (χ2v) is 6.19. The van der Waals surface area contributed by atoms with Gasteiger partial charge in [0.25, 0.3) is 0 Å². The molecule has 0 unspecified atom stereocenters. The Morgan fingerprint density at radius 1 is 1.13 bits per heavy atom. The zero-order chi connectivity index (χ0) is 15.6. The number of H-pyrrole nitrogens is 1. The van der Waals surface area contributed by atoms with E-state index in [2.05, 4.69) is 19.9 Å². The summed E-state index contributed by atoms with van der Waals surface area (Å²) in [5, 5.41) is 0. The van der Waals surface area contributed by atoms with Crippen LogP contribution in [0.2, 0.25) is 0 Å². The maximum atomic E-state index is 12.3. The van der Waals surface area contributed by atoms with Crippen molar-refractivity contribution in [1.82, 2.24) is 24.5 Å². The number of pyridine rings is 1. The molecule has 6 heteroatoms. The molecule has 118 valence electrons. The van der Waals surface area contributed by atoms with E-state index in [1.807, 2.05) is 18.2 Å². The second kappa shape index (κ2) is 5.95. The average Bonchev–Trinajstić information content (AvgIpc) is 2.92. The van der Waals surface area contributed by atoms with E-state index in [-0.39, 0.29) is 5.69 Å².